The van der Waals surface area contributed by atoms with E-state index in [0.717, 1.165) is 28.9 Å². The standard InChI is InChI=1S/C21H25NO2/c1-14-7-8-15(2)20(11-14)24-13-21(23)22-16(3)18-10-9-17-5-4-6-19(17)12-18/h7-12,16H,4-6,13H2,1-3H3,(H,22,23)/t16-/m0/s1. The molecule has 1 atom stereocenters. The summed E-state index contributed by atoms with van der Waals surface area (Å²) < 4.78 is 5.68. The first-order valence-electron chi connectivity index (χ1n) is 8.64. The summed E-state index contributed by atoms with van der Waals surface area (Å²) >= 11 is 0. The highest BCUT2D eigenvalue weighted by atomic mass is 16.5. The van der Waals surface area contributed by atoms with Crippen molar-refractivity contribution in [1.29, 1.82) is 0 Å². The van der Waals surface area contributed by atoms with Crippen LogP contribution in [0, 0.1) is 13.8 Å². The lowest BCUT2D eigenvalue weighted by Crippen LogP contribution is -2.31. The number of hydrogen-bond donors (Lipinski definition) is 1. The third-order valence-electron chi connectivity index (χ3n) is 4.70. The second-order valence-corrected chi connectivity index (χ2v) is 6.73. The lowest BCUT2D eigenvalue weighted by atomic mass is 10.0. The molecule has 3 nitrogen and oxygen atoms in total. The molecule has 3 rings (SSSR count). The highest BCUT2D eigenvalue weighted by Gasteiger charge is 2.15. The molecule has 3 heteroatoms. The molecule has 0 radical (unpaired) electrons. The fraction of sp³-hybridized carbons (Fsp3) is 0.381. The van der Waals surface area contributed by atoms with Crippen LogP contribution in [-0.2, 0) is 17.6 Å². The second-order valence-electron chi connectivity index (χ2n) is 6.73. The van der Waals surface area contributed by atoms with Gasteiger partial charge in [0.15, 0.2) is 6.61 Å². The molecule has 24 heavy (non-hydrogen) atoms. The van der Waals surface area contributed by atoms with Gasteiger partial charge in [0.25, 0.3) is 5.91 Å². The van der Waals surface area contributed by atoms with E-state index in [-0.39, 0.29) is 18.6 Å². The van der Waals surface area contributed by atoms with Gasteiger partial charge in [-0.05, 0) is 73.9 Å². The Kier molecular flexibility index (Phi) is 4.89. The van der Waals surface area contributed by atoms with Crippen molar-refractivity contribution in [2.24, 2.45) is 0 Å². The quantitative estimate of drug-likeness (QED) is 0.901. The Balaban J connectivity index is 1.57. The molecular formula is C21H25NO2. The molecule has 1 amide bonds. The third-order valence-corrected chi connectivity index (χ3v) is 4.70. The van der Waals surface area contributed by atoms with E-state index in [1.807, 2.05) is 39.0 Å². The number of aryl methyl sites for hydroxylation is 4. The Labute approximate surface area is 144 Å². The minimum atomic E-state index is -0.0936. The Morgan fingerprint density at radius 2 is 1.92 bits per heavy atom. The van der Waals surface area contributed by atoms with E-state index < -0.39 is 0 Å². The highest BCUT2D eigenvalue weighted by Crippen LogP contribution is 2.25. The van der Waals surface area contributed by atoms with Crippen molar-refractivity contribution >= 4 is 5.91 Å². The van der Waals surface area contributed by atoms with Gasteiger partial charge in [0.2, 0.25) is 0 Å². The number of carbonyl (C=O) groups is 1. The van der Waals surface area contributed by atoms with E-state index >= 15 is 0 Å². The monoisotopic (exact) mass is 323 g/mol. The van der Waals surface area contributed by atoms with Crippen LogP contribution in [0.4, 0.5) is 0 Å². The van der Waals surface area contributed by atoms with Gasteiger partial charge >= 0.3 is 0 Å². The zero-order valence-corrected chi connectivity index (χ0v) is 14.7. The summed E-state index contributed by atoms with van der Waals surface area (Å²) in [6.45, 7) is 6.06. The first-order chi connectivity index (χ1) is 11.5. The molecule has 2 aromatic rings. The third kappa shape index (κ3) is 3.78. The van der Waals surface area contributed by atoms with Crippen LogP contribution in [0.25, 0.3) is 0 Å². The maximum absolute atomic E-state index is 12.2. The van der Waals surface area contributed by atoms with Gasteiger partial charge in [-0.25, -0.2) is 0 Å². The van der Waals surface area contributed by atoms with E-state index in [4.69, 9.17) is 4.74 Å². The van der Waals surface area contributed by atoms with Crippen LogP contribution in [0.15, 0.2) is 36.4 Å². The summed E-state index contributed by atoms with van der Waals surface area (Å²) in [6.07, 6.45) is 3.57. The van der Waals surface area contributed by atoms with Crippen molar-refractivity contribution < 1.29 is 9.53 Å². The minimum Gasteiger partial charge on any atom is -0.483 e. The normalized spacial score (nSPS) is 14.1. The lowest BCUT2D eigenvalue weighted by Gasteiger charge is -2.16. The zero-order chi connectivity index (χ0) is 17.1. The van der Waals surface area contributed by atoms with E-state index in [0.29, 0.717) is 0 Å². The largest absolute Gasteiger partial charge is 0.483 e. The molecule has 1 aliphatic rings. The maximum Gasteiger partial charge on any atom is 0.258 e. The van der Waals surface area contributed by atoms with Gasteiger partial charge in [-0.15, -0.1) is 0 Å². The smallest absolute Gasteiger partial charge is 0.258 e. The SMILES string of the molecule is Cc1ccc(C)c(OCC(=O)N[C@@H](C)c2ccc3c(c2)CCC3)c1. The molecule has 1 aliphatic carbocycles. The van der Waals surface area contributed by atoms with Crippen molar-refractivity contribution in [3.8, 4) is 5.75 Å². The van der Waals surface area contributed by atoms with E-state index in [1.54, 1.807) is 0 Å². The Bertz CT molecular complexity index is 751. The zero-order valence-electron chi connectivity index (χ0n) is 14.7. The molecule has 1 N–H and O–H groups in total. The van der Waals surface area contributed by atoms with Gasteiger partial charge < -0.3 is 10.1 Å². The molecule has 2 aromatic carbocycles. The van der Waals surface area contributed by atoms with Crippen LogP contribution < -0.4 is 10.1 Å². The Morgan fingerprint density at radius 3 is 2.75 bits per heavy atom. The number of carbonyl (C=O) groups excluding carboxylic acids is 1. The summed E-state index contributed by atoms with van der Waals surface area (Å²) in [4.78, 5) is 12.2. The summed E-state index contributed by atoms with van der Waals surface area (Å²) in [6, 6.07) is 12.6. The molecule has 0 aromatic heterocycles. The van der Waals surface area contributed by atoms with Crippen LogP contribution >= 0.6 is 0 Å². The molecule has 0 fully saturated rings. The van der Waals surface area contributed by atoms with Crippen molar-refractivity contribution in [3.63, 3.8) is 0 Å². The summed E-state index contributed by atoms with van der Waals surface area (Å²) in [7, 11) is 0. The van der Waals surface area contributed by atoms with Crippen molar-refractivity contribution in [3.05, 3.63) is 64.2 Å². The van der Waals surface area contributed by atoms with Gasteiger partial charge in [-0.1, -0.05) is 30.3 Å². The molecule has 0 unspecified atom stereocenters. The maximum atomic E-state index is 12.2. The molecule has 0 saturated carbocycles. The number of ether oxygens (including phenoxy) is 1. The van der Waals surface area contributed by atoms with Crippen LogP contribution in [-0.4, -0.2) is 12.5 Å². The molecule has 0 saturated heterocycles. The molecule has 0 spiro atoms. The van der Waals surface area contributed by atoms with Gasteiger partial charge in [0.05, 0.1) is 6.04 Å². The van der Waals surface area contributed by atoms with Gasteiger partial charge in [0.1, 0.15) is 5.75 Å². The lowest BCUT2D eigenvalue weighted by molar-refractivity contribution is -0.123. The Morgan fingerprint density at radius 1 is 1.12 bits per heavy atom. The van der Waals surface area contributed by atoms with Crippen molar-refractivity contribution in [1.82, 2.24) is 5.32 Å². The number of benzene rings is 2. The average Bonchev–Trinajstić information content (AvgIpc) is 3.03. The second kappa shape index (κ2) is 7.08. The van der Waals surface area contributed by atoms with E-state index in [2.05, 4.69) is 23.5 Å². The topological polar surface area (TPSA) is 38.3 Å². The van der Waals surface area contributed by atoms with Crippen LogP contribution in [0.3, 0.4) is 0 Å². The molecule has 0 aliphatic heterocycles. The highest BCUT2D eigenvalue weighted by molar-refractivity contribution is 5.78. The Hall–Kier alpha value is -2.29. The van der Waals surface area contributed by atoms with E-state index in [1.165, 1.54) is 24.0 Å². The van der Waals surface area contributed by atoms with Crippen molar-refractivity contribution in [2.75, 3.05) is 6.61 Å². The number of hydrogen-bond acceptors (Lipinski definition) is 2. The predicted octanol–water partition coefficient (Wildman–Crippen LogP) is 4.05. The first-order valence-corrected chi connectivity index (χ1v) is 8.64. The molecule has 126 valence electrons. The van der Waals surface area contributed by atoms with E-state index in [9.17, 15) is 4.79 Å². The summed E-state index contributed by atoms with van der Waals surface area (Å²) in [5.41, 5.74) is 6.22. The van der Waals surface area contributed by atoms with Gasteiger partial charge in [-0.3, -0.25) is 4.79 Å². The van der Waals surface area contributed by atoms with Crippen LogP contribution in [0.2, 0.25) is 0 Å². The summed E-state index contributed by atoms with van der Waals surface area (Å²) in [5, 5.41) is 3.03. The van der Waals surface area contributed by atoms with Gasteiger partial charge in [0, 0.05) is 0 Å². The molecule has 0 bridgehead atoms. The average molecular weight is 323 g/mol. The number of amides is 1. The van der Waals surface area contributed by atoms with Crippen molar-refractivity contribution in [2.45, 2.75) is 46.1 Å². The first kappa shape index (κ1) is 16.6. The number of rotatable bonds is 5. The minimum absolute atomic E-state index is 0.00870. The van der Waals surface area contributed by atoms with Crippen LogP contribution in [0.5, 0.6) is 5.75 Å². The summed E-state index contributed by atoms with van der Waals surface area (Å²) in [5.74, 6) is 0.680. The fourth-order valence-corrected chi connectivity index (χ4v) is 3.23. The van der Waals surface area contributed by atoms with Gasteiger partial charge in [-0.2, -0.15) is 0 Å². The predicted molar refractivity (Wildman–Crippen MR) is 96.4 cm³/mol. The fourth-order valence-electron chi connectivity index (χ4n) is 3.23. The molecular weight excluding hydrogens is 298 g/mol. The number of nitrogens with one attached hydrogen (secondary N) is 1. The number of fused-ring (bicyclic) bond motifs is 1. The van der Waals surface area contributed by atoms with Crippen LogP contribution in [0.1, 0.15) is 47.2 Å². The molecule has 0 heterocycles.